The monoisotopic (exact) mass is 318 g/mol. The molecular formula is C15H11ClN2O2S. The number of aromatic nitrogens is 2. The van der Waals surface area contributed by atoms with Gasteiger partial charge in [-0.3, -0.25) is 0 Å². The van der Waals surface area contributed by atoms with Crippen LogP contribution in [-0.2, 0) is 5.75 Å². The van der Waals surface area contributed by atoms with Crippen molar-refractivity contribution >= 4 is 23.4 Å². The summed E-state index contributed by atoms with van der Waals surface area (Å²) in [5.41, 5.74) is 0.527. The standard InChI is InChI=1S/C15H11ClN2O2S/c16-11-6-2-4-8-13(11)21-9-14-17-15(20-18-14)10-5-1-3-7-12(10)19/h1-8,19H,9H2. The molecule has 0 aliphatic carbocycles. The van der Waals surface area contributed by atoms with Crippen molar-refractivity contribution in [3.8, 4) is 17.2 Å². The fraction of sp³-hybridized carbons (Fsp3) is 0.0667. The zero-order valence-electron chi connectivity index (χ0n) is 10.9. The van der Waals surface area contributed by atoms with E-state index in [1.807, 2.05) is 24.3 Å². The van der Waals surface area contributed by atoms with E-state index in [1.54, 1.807) is 24.3 Å². The number of para-hydroxylation sites is 1. The fourth-order valence-corrected chi connectivity index (χ4v) is 2.86. The van der Waals surface area contributed by atoms with Crippen LogP contribution in [0.15, 0.2) is 57.9 Å². The molecule has 21 heavy (non-hydrogen) atoms. The van der Waals surface area contributed by atoms with Crippen molar-refractivity contribution in [3.05, 3.63) is 59.4 Å². The molecule has 0 saturated carbocycles. The molecule has 1 heterocycles. The van der Waals surface area contributed by atoms with Gasteiger partial charge in [-0.25, -0.2) is 0 Å². The number of thioether (sulfide) groups is 1. The van der Waals surface area contributed by atoms with Crippen LogP contribution in [0.1, 0.15) is 5.82 Å². The molecule has 0 spiro atoms. The van der Waals surface area contributed by atoms with E-state index >= 15 is 0 Å². The van der Waals surface area contributed by atoms with E-state index in [9.17, 15) is 5.11 Å². The number of nitrogens with zero attached hydrogens (tertiary/aromatic N) is 2. The average molecular weight is 319 g/mol. The van der Waals surface area contributed by atoms with Crippen LogP contribution in [0.4, 0.5) is 0 Å². The van der Waals surface area contributed by atoms with Gasteiger partial charge in [-0.15, -0.1) is 11.8 Å². The highest BCUT2D eigenvalue weighted by molar-refractivity contribution is 7.98. The van der Waals surface area contributed by atoms with Crippen molar-refractivity contribution in [2.45, 2.75) is 10.6 Å². The summed E-state index contributed by atoms with van der Waals surface area (Å²) in [4.78, 5) is 5.25. The first-order chi connectivity index (χ1) is 10.2. The molecule has 0 unspecified atom stereocenters. The van der Waals surface area contributed by atoms with Crippen LogP contribution >= 0.6 is 23.4 Å². The second kappa shape index (κ2) is 6.20. The first-order valence-electron chi connectivity index (χ1n) is 6.22. The smallest absolute Gasteiger partial charge is 0.261 e. The fourth-order valence-electron chi connectivity index (χ4n) is 1.78. The van der Waals surface area contributed by atoms with Crippen LogP contribution in [0.2, 0.25) is 5.02 Å². The first-order valence-corrected chi connectivity index (χ1v) is 7.58. The number of rotatable bonds is 4. The zero-order chi connectivity index (χ0) is 14.7. The van der Waals surface area contributed by atoms with Crippen LogP contribution in [-0.4, -0.2) is 15.2 Å². The first kappa shape index (κ1) is 14.0. The quantitative estimate of drug-likeness (QED) is 0.723. The number of hydrogen-bond donors (Lipinski definition) is 1. The van der Waals surface area contributed by atoms with Crippen molar-refractivity contribution < 1.29 is 9.63 Å². The molecule has 0 radical (unpaired) electrons. The van der Waals surface area contributed by atoms with Crippen molar-refractivity contribution in [1.29, 1.82) is 0 Å². The van der Waals surface area contributed by atoms with E-state index in [1.165, 1.54) is 11.8 Å². The van der Waals surface area contributed by atoms with Gasteiger partial charge in [-0.2, -0.15) is 4.98 Å². The van der Waals surface area contributed by atoms with Crippen molar-refractivity contribution in [2.75, 3.05) is 0 Å². The van der Waals surface area contributed by atoms with E-state index in [-0.39, 0.29) is 5.75 Å². The Morgan fingerprint density at radius 3 is 2.67 bits per heavy atom. The minimum absolute atomic E-state index is 0.117. The maximum absolute atomic E-state index is 9.77. The summed E-state index contributed by atoms with van der Waals surface area (Å²) in [5.74, 6) is 1.52. The Balaban J connectivity index is 1.74. The van der Waals surface area contributed by atoms with Gasteiger partial charge in [0.1, 0.15) is 5.75 Å². The molecule has 1 N–H and O–H groups in total. The van der Waals surface area contributed by atoms with Gasteiger partial charge in [0.25, 0.3) is 5.89 Å². The highest BCUT2D eigenvalue weighted by Crippen LogP contribution is 2.30. The van der Waals surface area contributed by atoms with Gasteiger partial charge in [0.15, 0.2) is 5.82 Å². The Morgan fingerprint density at radius 2 is 1.86 bits per heavy atom. The summed E-state index contributed by atoms with van der Waals surface area (Å²) in [7, 11) is 0. The molecule has 3 aromatic rings. The summed E-state index contributed by atoms with van der Waals surface area (Å²) >= 11 is 7.63. The normalized spacial score (nSPS) is 10.7. The summed E-state index contributed by atoms with van der Waals surface area (Å²) in [6.07, 6.45) is 0. The number of halogens is 1. The Bertz CT molecular complexity index is 761. The number of hydrogen-bond acceptors (Lipinski definition) is 5. The van der Waals surface area contributed by atoms with Gasteiger partial charge in [-0.05, 0) is 24.3 Å². The predicted octanol–water partition coefficient (Wildman–Crippen LogP) is 4.39. The number of phenols is 1. The van der Waals surface area contributed by atoms with E-state index in [0.29, 0.717) is 28.1 Å². The summed E-state index contributed by atoms with van der Waals surface area (Å²) in [5, 5.41) is 14.4. The van der Waals surface area contributed by atoms with Crippen molar-refractivity contribution in [3.63, 3.8) is 0 Å². The third-order valence-corrected chi connectivity index (χ3v) is 4.31. The Kier molecular flexibility index (Phi) is 4.13. The minimum atomic E-state index is 0.117. The van der Waals surface area contributed by atoms with Crippen LogP contribution < -0.4 is 0 Å². The molecule has 2 aromatic carbocycles. The lowest BCUT2D eigenvalue weighted by molar-refractivity contribution is 0.419. The van der Waals surface area contributed by atoms with Crippen LogP contribution in [0.5, 0.6) is 5.75 Å². The second-order valence-corrected chi connectivity index (χ2v) is 5.68. The van der Waals surface area contributed by atoms with Crippen LogP contribution in [0, 0.1) is 0 Å². The summed E-state index contributed by atoms with van der Waals surface area (Å²) in [6.45, 7) is 0. The van der Waals surface area contributed by atoms with Gasteiger partial charge in [0.2, 0.25) is 0 Å². The molecule has 0 bridgehead atoms. The third kappa shape index (κ3) is 3.20. The number of benzene rings is 2. The van der Waals surface area contributed by atoms with Crippen LogP contribution in [0.25, 0.3) is 11.5 Å². The molecule has 4 nitrogen and oxygen atoms in total. The molecule has 0 aliphatic heterocycles. The highest BCUT2D eigenvalue weighted by Gasteiger charge is 2.12. The number of aromatic hydroxyl groups is 1. The van der Waals surface area contributed by atoms with E-state index < -0.39 is 0 Å². The molecule has 0 aliphatic rings. The summed E-state index contributed by atoms with van der Waals surface area (Å²) < 4.78 is 5.18. The molecule has 0 fully saturated rings. The largest absolute Gasteiger partial charge is 0.507 e. The van der Waals surface area contributed by atoms with E-state index in [2.05, 4.69) is 10.1 Å². The SMILES string of the molecule is Oc1ccccc1-c1nc(CSc2ccccc2Cl)no1. The average Bonchev–Trinajstić information content (AvgIpc) is 2.96. The van der Waals surface area contributed by atoms with Crippen molar-refractivity contribution in [1.82, 2.24) is 10.1 Å². The van der Waals surface area contributed by atoms with E-state index in [4.69, 9.17) is 16.1 Å². The van der Waals surface area contributed by atoms with Gasteiger partial charge in [0, 0.05) is 4.90 Å². The Labute approximate surface area is 130 Å². The topological polar surface area (TPSA) is 59.2 Å². The van der Waals surface area contributed by atoms with Crippen LogP contribution in [0.3, 0.4) is 0 Å². The Hall–Kier alpha value is -1.98. The molecule has 0 amide bonds. The molecular weight excluding hydrogens is 308 g/mol. The zero-order valence-corrected chi connectivity index (χ0v) is 12.4. The lowest BCUT2D eigenvalue weighted by Gasteiger charge is -2.00. The maximum Gasteiger partial charge on any atom is 0.261 e. The lowest BCUT2D eigenvalue weighted by Crippen LogP contribution is -1.85. The van der Waals surface area contributed by atoms with Gasteiger partial charge < -0.3 is 9.63 Å². The molecule has 6 heteroatoms. The highest BCUT2D eigenvalue weighted by atomic mass is 35.5. The van der Waals surface area contributed by atoms with Gasteiger partial charge >= 0.3 is 0 Å². The molecule has 106 valence electrons. The van der Waals surface area contributed by atoms with Gasteiger partial charge in [0.05, 0.1) is 16.3 Å². The maximum atomic E-state index is 9.77. The number of phenolic OH excluding ortho intramolecular Hbond substituents is 1. The Morgan fingerprint density at radius 1 is 1.10 bits per heavy atom. The molecule has 1 aromatic heterocycles. The lowest BCUT2D eigenvalue weighted by atomic mass is 10.2. The molecule has 0 atom stereocenters. The molecule has 0 saturated heterocycles. The molecule has 3 rings (SSSR count). The minimum Gasteiger partial charge on any atom is -0.507 e. The third-order valence-electron chi connectivity index (χ3n) is 2.80. The van der Waals surface area contributed by atoms with Gasteiger partial charge in [-0.1, -0.05) is 41.0 Å². The summed E-state index contributed by atoms with van der Waals surface area (Å²) in [6, 6.07) is 14.5. The predicted molar refractivity (Wildman–Crippen MR) is 82.4 cm³/mol. The van der Waals surface area contributed by atoms with E-state index in [0.717, 1.165) is 4.90 Å². The second-order valence-electron chi connectivity index (χ2n) is 4.25. The van der Waals surface area contributed by atoms with Crippen molar-refractivity contribution in [2.24, 2.45) is 0 Å².